The number of hydrogen-bond acceptors (Lipinski definition) is 2. The lowest BCUT2D eigenvalue weighted by atomic mass is 9.85. The highest BCUT2D eigenvalue weighted by Crippen LogP contribution is 2.41. The summed E-state index contributed by atoms with van der Waals surface area (Å²) in [4.78, 5) is 2.38. The van der Waals surface area contributed by atoms with Crippen molar-refractivity contribution in [1.82, 2.24) is 10.2 Å². The van der Waals surface area contributed by atoms with Crippen LogP contribution >= 0.6 is 0 Å². The molecule has 8 heteroatoms. The number of nitrogens with zero attached hydrogens (tertiary/aromatic N) is 1. The average molecular weight is 477 g/mol. The van der Waals surface area contributed by atoms with Gasteiger partial charge in [-0.05, 0) is 56.8 Å². The minimum absolute atomic E-state index is 0.00245. The smallest absolute Gasteiger partial charge is 0.381 e. The highest BCUT2D eigenvalue weighted by Gasteiger charge is 2.40. The van der Waals surface area contributed by atoms with Crippen LogP contribution in [0.5, 0.6) is 0 Å². The molecule has 2 aliphatic carbocycles. The summed E-state index contributed by atoms with van der Waals surface area (Å²) in [6.07, 6.45) is -0.122. The summed E-state index contributed by atoms with van der Waals surface area (Å²) in [7, 11) is 2.10. The predicted molar refractivity (Wildman–Crippen MR) is 119 cm³/mol. The quantitative estimate of drug-likeness (QED) is 0.430. The van der Waals surface area contributed by atoms with E-state index in [1.54, 1.807) is 6.92 Å². The lowest BCUT2D eigenvalue weighted by Gasteiger charge is -2.44. The zero-order valence-corrected chi connectivity index (χ0v) is 19.4. The van der Waals surface area contributed by atoms with Crippen LogP contribution in [0.25, 0.3) is 5.70 Å². The van der Waals surface area contributed by atoms with Gasteiger partial charge in [0.2, 0.25) is 0 Å². The van der Waals surface area contributed by atoms with Gasteiger partial charge in [0.25, 0.3) is 0 Å². The molecule has 0 saturated heterocycles. The second kappa shape index (κ2) is 10.3. The summed E-state index contributed by atoms with van der Waals surface area (Å²) in [6, 6.07) is 1.57. The molecule has 1 N–H and O–H groups in total. The molecule has 33 heavy (non-hydrogen) atoms. The maximum atomic E-state index is 13.9. The van der Waals surface area contributed by atoms with E-state index in [1.807, 2.05) is 0 Å². The number of nitrogens with one attached hydrogen (secondary N) is 1. The van der Waals surface area contributed by atoms with Gasteiger partial charge in [0.05, 0.1) is 11.1 Å². The van der Waals surface area contributed by atoms with Gasteiger partial charge in [0.1, 0.15) is 0 Å². The van der Waals surface area contributed by atoms with Crippen molar-refractivity contribution in [1.29, 1.82) is 0 Å². The van der Waals surface area contributed by atoms with Gasteiger partial charge in [-0.3, -0.25) is 4.90 Å². The standard InChI is InChI=1S/C25H34F6N2/c1-4-17-14-18(24(26,27)28)15-20(25(29,30)31)23(17)16(2)32-21-12-8-9-13-22(21)33(3)19-10-6-5-7-11-19/h14-15,19,21-22,32H,2,4-13H2,1,3H3/t21-,22+/m1/s1. The third-order valence-electron chi connectivity index (χ3n) is 7.30. The normalized spacial score (nSPS) is 23.1. The first-order valence-corrected chi connectivity index (χ1v) is 11.9. The molecule has 0 heterocycles. The Balaban J connectivity index is 1.91. The van der Waals surface area contributed by atoms with E-state index in [1.165, 1.54) is 19.3 Å². The van der Waals surface area contributed by atoms with Crippen molar-refractivity contribution in [3.05, 3.63) is 41.0 Å². The van der Waals surface area contributed by atoms with Gasteiger partial charge in [-0.2, -0.15) is 26.3 Å². The number of hydrogen-bond donors (Lipinski definition) is 1. The molecule has 2 fully saturated rings. The number of aryl methyl sites for hydroxylation is 1. The van der Waals surface area contributed by atoms with Gasteiger partial charge in [0.15, 0.2) is 0 Å². The fourth-order valence-electron chi connectivity index (χ4n) is 5.55. The fourth-order valence-corrected chi connectivity index (χ4v) is 5.55. The molecule has 0 spiro atoms. The summed E-state index contributed by atoms with van der Waals surface area (Å²) in [5, 5.41) is 3.23. The molecule has 1 aromatic carbocycles. The number of halogens is 6. The van der Waals surface area contributed by atoms with Crippen molar-refractivity contribution in [2.45, 2.75) is 102 Å². The largest absolute Gasteiger partial charge is 0.417 e. The third-order valence-corrected chi connectivity index (χ3v) is 7.30. The van der Waals surface area contributed by atoms with Gasteiger partial charge < -0.3 is 5.32 Å². The Hall–Kier alpha value is -1.70. The molecule has 0 unspecified atom stereocenters. The summed E-state index contributed by atoms with van der Waals surface area (Å²) in [6.45, 7) is 5.45. The molecule has 1 aromatic rings. The molecule has 2 nitrogen and oxygen atoms in total. The van der Waals surface area contributed by atoms with Crippen molar-refractivity contribution >= 4 is 5.70 Å². The molecule has 2 atom stereocenters. The van der Waals surface area contributed by atoms with Gasteiger partial charge in [-0.25, -0.2) is 0 Å². The Labute approximate surface area is 192 Å². The van der Waals surface area contributed by atoms with Crippen LogP contribution in [0.15, 0.2) is 18.7 Å². The Morgan fingerprint density at radius 1 is 0.939 bits per heavy atom. The van der Waals surface area contributed by atoms with Crippen LogP contribution in [0, 0.1) is 0 Å². The minimum Gasteiger partial charge on any atom is -0.381 e. The van der Waals surface area contributed by atoms with Crippen LogP contribution in [0.1, 0.15) is 87.0 Å². The molecule has 2 saturated carbocycles. The van der Waals surface area contributed by atoms with E-state index in [2.05, 4.69) is 23.8 Å². The Morgan fingerprint density at radius 2 is 1.55 bits per heavy atom. The first-order chi connectivity index (χ1) is 15.4. The second-order valence-corrected chi connectivity index (χ2v) is 9.45. The summed E-state index contributed by atoms with van der Waals surface area (Å²) in [5.41, 5.74) is -2.75. The van der Waals surface area contributed by atoms with Gasteiger partial charge in [-0.1, -0.05) is 45.6 Å². The van der Waals surface area contributed by atoms with Crippen molar-refractivity contribution in [2.24, 2.45) is 0 Å². The lowest BCUT2D eigenvalue weighted by molar-refractivity contribution is -0.143. The van der Waals surface area contributed by atoms with Crippen LogP contribution in [0.4, 0.5) is 26.3 Å². The van der Waals surface area contributed by atoms with Crippen LogP contribution in [-0.2, 0) is 18.8 Å². The van der Waals surface area contributed by atoms with Crippen LogP contribution in [-0.4, -0.2) is 30.1 Å². The van der Waals surface area contributed by atoms with Crippen LogP contribution < -0.4 is 5.32 Å². The van der Waals surface area contributed by atoms with E-state index in [9.17, 15) is 26.3 Å². The van der Waals surface area contributed by atoms with Crippen LogP contribution in [0.2, 0.25) is 0 Å². The molecule has 3 rings (SSSR count). The Bertz CT molecular complexity index is 823. The topological polar surface area (TPSA) is 15.3 Å². The van der Waals surface area contributed by atoms with Gasteiger partial charge in [-0.15, -0.1) is 0 Å². The monoisotopic (exact) mass is 476 g/mol. The molecule has 0 amide bonds. The molecule has 0 aliphatic heterocycles. The van der Waals surface area contributed by atoms with Crippen molar-refractivity contribution in [3.63, 3.8) is 0 Å². The van der Waals surface area contributed by atoms with E-state index < -0.39 is 23.5 Å². The molecule has 0 bridgehead atoms. The number of likely N-dealkylation sites (N-methyl/N-ethyl adjacent to an activating group) is 1. The molecule has 186 valence electrons. The molecule has 0 radical (unpaired) electrons. The van der Waals surface area contributed by atoms with Crippen molar-refractivity contribution in [2.75, 3.05) is 7.05 Å². The minimum atomic E-state index is -4.92. The second-order valence-electron chi connectivity index (χ2n) is 9.45. The molecular weight excluding hydrogens is 442 g/mol. The predicted octanol–water partition coefficient (Wildman–Crippen LogP) is 7.42. The summed E-state index contributed by atoms with van der Waals surface area (Å²) in [5.74, 6) is 0. The zero-order valence-electron chi connectivity index (χ0n) is 19.4. The molecular formula is C25H34F6N2. The maximum Gasteiger partial charge on any atom is 0.417 e. The summed E-state index contributed by atoms with van der Waals surface area (Å²) < 4.78 is 81.5. The lowest BCUT2D eigenvalue weighted by Crippen LogP contribution is -2.53. The number of benzene rings is 1. The Kier molecular flexibility index (Phi) is 8.07. The van der Waals surface area contributed by atoms with Crippen molar-refractivity contribution < 1.29 is 26.3 Å². The highest BCUT2D eigenvalue weighted by atomic mass is 19.4. The number of alkyl halides is 6. The van der Waals surface area contributed by atoms with E-state index in [-0.39, 0.29) is 41.4 Å². The zero-order chi connectivity index (χ0) is 24.4. The fraction of sp³-hybridized carbons (Fsp3) is 0.680. The van der Waals surface area contributed by atoms with Crippen LogP contribution in [0.3, 0.4) is 0 Å². The summed E-state index contributed by atoms with van der Waals surface area (Å²) >= 11 is 0. The van der Waals surface area contributed by atoms with Gasteiger partial charge in [0, 0.05) is 29.4 Å². The van der Waals surface area contributed by atoms with E-state index in [0.29, 0.717) is 6.04 Å². The van der Waals surface area contributed by atoms with Gasteiger partial charge >= 0.3 is 12.4 Å². The third kappa shape index (κ3) is 6.06. The number of rotatable bonds is 6. The highest BCUT2D eigenvalue weighted by molar-refractivity contribution is 5.69. The molecule has 2 aliphatic rings. The van der Waals surface area contributed by atoms with E-state index in [4.69, 9.17) is 0 Å². The molecule has 0 aromatic heterocycles. The first-order valence-electron chi connectivity index (χ1n) is 11.9. The maximum absolute atomic E-state index is 13.9. The van der Waals surface area contributed by atoms with E-state index in [0.717, 1.165) is 44.6 Å². The SMILES string of the molecule is C=C(N[C@@H]1CCCC[C@@H]1N(C)C1CCCCC1)c1c(CC)cc(C(F)(F)F)cc1C(F)(F)F. The van der Waals surface area contributed by atoms with E-state index >= 15 is 0 Å². The first kappa shape index (κ1) is 25.9. The average Bonchev–Trinajstić information content (AvgIpc) is 2.77. The Morgan fingerprint density at radius 3 is 2.12 bits per heavy atom. The van der Waals surface area contributed by atoms with Crippen molar-refractivity contribution in [3.8, 4) is 0 Å².